The van der Waals surface area contributed by atoms with E-state index in [0.717, 1.165) is 56.1 Å². The van der Waals surface area contributed by atoms with Gasteiger partial charge in [-0.3, -0.25) is 0 Å². The van der Waals surface area contributed by atoms with Crippen LogP contribution < -0.4 is 4.90 Å². The van der Waals surface area contributed by atoms with Gasteiger partial charge in [-0.25, -0.2) is 15.0 Å². The molecule has 0 aliphatic heterocycles. The molecule has 3 heterocycles. The van der Waals surface area contributed by atoms with Crippen LogP contribution in [0.2, 0.25) is 0 Å². The summed E-state index contributed by atoms with van der Waals surface area (Å²) in [4.78, 5) is 17.7. The molecule has 0 radical (unpaired) electrons. The molecule has 5 nitrogen and oxygen atoms in total. The van der Waals surface area contributed by atoms with Crippen molar-refractivity contribution >= 4 is 81.2 Å². The fraction of sp³-hybridized carbons (Fsp3) is 0.0364. The minimum absolute atomic E-state index is 0.0763. The number of hydrogen-bond donors (Lipinski definition) is 0. The van der Waals surface area contributed by atoms with Gasteiger partial charge in [-0.1, -0.05) is 158 Å². The average molecular weight is 801 g/mol. The number of fused-ring (bicyclic) bond motifs is 8. The Kier molecular flexibility index (Phi) is 8.42. The summed E-state index contributed by atoms with van der Waals surface area (Å²) in [7, 11) is 0. The van der Waals surface area contributed by atoms with Gasteiger partial charge < -0.3 is 9.32 Å². The Morgan fingerprint density at radius 1 is 0.475 bits per heavy atom. The molecule has 0 saturated carbocycles. The quantitative estimate of drug-likeness (QED) is 0.161. The highest BCUT2D eigenvalue weighted by Crippen LogP contribution is 2.45. The van der Waals surface area contributed by atoms with E-state index in [4.69, 9.17) is 19.4 Å². The van der Waals surface area contributed by atoms with Crippen molar-refractivity contribution in [2.45, 2.75) is 12.5 Å². The first-order valence-corrected chi connectivity index (χ1v) is 21.4. The third kappa shape index (κ3) is 6.11. The van der Waals surface area contributed by atoms with Gasteiger partial charge in [0.1, 0.15) is 11.2 Å². The highest BCUT2D eigenvalue weighted by Gasteiger charge is 2.26. The third-order valence-electron chi connectivity index (χ3n) is 11.9. The minimum Gasteiger partial charge on any atom is -0.456 e. The summed E-state index contributed by atoms with van der Waals surface area (Å²) in [6.45, 7) is 0. The Bertz CT molecular complexity index is 3460. The van der Waals surface area contributed by atoms with Gasteiger partial charge in [-0.2, -0.15) is 0 Å². The molecule has 61 heavy (non-hydrogen) atoms. The van der Waals surface area contributed by atoms with Crippen LogP contribution >= 0.6 is 11.3 Å². The maximum atomic E-state index is 6.84. The lowest BCUT2D eigenvalue weighted by Gasteiger charge is -2.34. The Morgan fingerprint density at radius 3 is 1.87 bits per heavy atom. The van der Waals surface area contributed by atoms with Gasteiger partial charge in [-0.15, -0.1) is 11.3 Å². The van der Waals surface area contributed by atoms with Gasteiger partial charge in [0.25, 0.3) is 0 Å². The molecule has 0 fully saturated rings. The van der Waals surface area contributed by atoms with Gasteiger partial charge in [-0.05, 0) is 70.8 Å². The molecule has 1 aliphatic rings. The number of nitrogens with zero attached hydrogens (tertiary/aromatic N) is 4. The smallest absolute Gasteiger partial charge is 0.164 e. The van der Waals surface area contributed by atoms with Gasteiger partial charge in [0.2, 0.25) is 0 Å². The number of rotatable bonds is 7. The lowest BCUT2D eigenvalue weighted by Crippen LogP contribution is -2.30. The number of furan rings is 1. The molecular formula is C55H36N4OS. The number of para-hydroxylation sites is 1. The Balaban J connectivity index is 0.988. The Hall–Kier alpha value is -7.67. The van der Waals surface area contributed by atoms with Crippen LogP contribution in [0.3, 0.4) is 0 Å². The van der Waals surface area contributed by atoms with Crippen molar-refractivity contribution in [3.63, 3.8) is 0 Å². The summed E-state index contributed by atoms with van der Waals surface area (Å²) in [6, 6.07) is 63.9. The second-order valence-electron chi connectivity index (χ2n) is 15.5. The molecule has 11 aromatic rings. The molecular weight excluding hydrogens is 765 g/mol. The second-order valence-corrected chi connectivity index (χ2v) is 16.6. The monoisotopic (exact) mass is 800 g/mol. The zero-order valence-corrected chi connectivity index (χ0v) is 33.8. The summed E-state index contributed by atoms with van der Waals surface area (Å²) in [5.41, 5.74) is 9.16. The van der Waals surface area contributed by atoms with Crippen LogP contribution in [0.1, 0.15) is 12.0 Å². The maximum absolute atomic E-state index is 6.84. The summed E-state index contributed by atoms with van der Waals surface area (Å²) in [6.07, 6.45) is 7.65. The first-order chi connectivity index (χ1) is 30.2. The van der Waals surface area contributed by atoms with Crippen molar-refractivity contribution in [2.24, 2.45) is 0 Å². The number of thiophene rings is 1. The number of benzene rings is 8. The molecule has 0 bridgehead atoms. The Labute approximate surface area is 356 Å². The van der Waals surface area contributed by atoms with Crippen LogP contribution in [0.5, 0.6) is 0 Å². The highest BCUT2D eigenvalue weighted by molar-refractivity contribution is 7.25. The van der Waals surface area contributed by atoms with Crippen LogP contribution in [0.4, 0.5) is 11.4 Å². The SMILES string of the molecule is C1=CC(N(c2ccccc2)c2ccc3c(c2)sc2ccccc23)CC(c2cc3oc4cccc(-c5nc(-c6ccccc6)nc(-c6ccccc6)n5)c4c3c3ccccc23)=C1. The van der Waals surface area contributed by atoms with E-state index in [9.17, 15) is 0 Å². The zero-order chi connectivity index (χ0) is 40.3. The van der Waals surface area contributed by atoms with Gasteiger partial charge >= 0.3 is 0 Å². The molecule has 1 unspecified atom stereocenters. The van der Waals surface area contributed by atoms with Crippen molar-refractivity contribution in [1.82, 2.24) is 15.0 Å². The summed E-state index contributed by atoms with van der Waals surface area (Å²) in [5.74, 6) is 1.86. The van der Waals surface area contributed by atoms with Crippen molar-refractivity contribution in [3.05, 3.63) is 206 Å². The molecule has 12 rings (SSSR count). The fourth-order valence-electron chi connectivity index (χ4n) is 9.09. The van der Waals surface area contributed by atoms with Crippen molar-refractivity contribution in [3.8, 4) is 34.2 Å². The van der Waals surface area contributed by atoms with Crippen molar-refractivity contribution in [1.29, 1.82) is 0 Å². The molecule has 0 N–H and O–H groups in total. The van der Waals surface area contributed by atoms with E-state index in [1.165, 1.54) is 42.4 Å². The van der Waals surface area contributed by atoms with E-state index in [2.05, 4.69) is 138 Å². The van der Waals surface area contributed by atoms with Gasteiger partial charge in [0.15, 0.2) is 17.5 Å². The third-order valence-corrected chi connectivity index (χ3v) is 13.0. The molecule has 0 saturated heterocycles. The topological polar surface area (TPSA) is 55.1 Å². The first-order valence-electron chi connectivity index (χ1n) is 20.6. The fourth-order valence-corrected chi connectivity index (χ4v) is 10.2. The second kappa shape index (κ2) is 14.6. The summed E-state index contributed by atoms with van der Waals surface area (Å²) in [5, 5.41) is 6.96. The molecule has 0 amide bonds. The van der Waals surface area contributed by atoms with Crippen LogP contribution in [0.25, 0.3) is 92.6 Å². The van der Waals surface area contributed by atoms with E-state index in [0.29, 0.717) is 17.5 Å². The number of hydrogen-bond acceptors (Lipinski definition) is 6. The molecule has 0 spiro atoms. The normalized spacial score (nSPS) is 14.0. The molecule has 8 aromatic carbocycles. The van der Waals surface area contributed by atoms with Gasteiger partial charge in [0.05, 0.1) is 6.04 Å². The predicted octanol–water partition coefficient (Wildman–Crippen LogP) is 14.8. The lowest BCUT2D eigenvalue weighted by atomic mass is 9.88. The van der Waals surface area contributed by atoms with Crippen LogP contribution in [-0.2, 0) is 0 Å². The summed E-state index contributed by atoms with van der Waals surface area (Å²) >= 11 is 1.86. The number of aromatic nitrogens is 3. The molecule has 1 atom stereocenters. The molecule has 6 heteroatoms. The van der Waals surface area contributed by atoms with E-state index in [-0.39, 0.29) is 6.04 Å². The average Bonchev–Trinajstić information content (AvgIpc) is 3.91. The van der Waals surface area contributed by atoms with E-state index >= 15 is 0 Å². The Morgan fingerprint density at radius 2 is 1.11 bits per heavy atom. The molecule has 1 aliphatic carbocycles. The highest BCUT2D eigenvalue weighted by atomic mass is 32.1. The number of allylic oxidation sites excluding steroid dienone is 2. The van der Waals surface area contributed by atoms with E-state index in [1.807, 2.05) is 78.1 Å². The maximum Gasteiger partial charge on any atom is 0.164 e. The van der Waals surface area contributed by atoms with E-state index < -0.39 is 0 Å². The first kappa shape index (κ1) is 35.3. The van der Waals surface area contributed by atoms with Crippen molar-refractivity contribution in [2.75, 3.05) is 4.90 Å². The largest absolute Gasteiger partial charge is 0.456 e. The minimum atomic E-state index is 0.0763. The van der Waals surface area contributed by atoms with E-state index in [1.54, 1.807) is 0 Å². The van der Waals surface area contributed by atoms with Gasteiger partial charge in [0, 0.05) is 59.0 Å². The standard InChI is InChI=1S/C55H36N4OS/c1-4-16-35(17-5-1)53-56-54(36-18-6-2-7-19-36)58-55(57-53)45-27-15-28-47-52(45)51-44-26-11-10-24-41(44)46(34-48(51)60-47)37-20-14-23-39(32-37)59(38-21-8-3-9-22-38)40-30-31-43-42-25-12-13-29-49(42)61-50(43)33-40/h1-31,33-34,39H,32H2. The van der Waals surface area contributed by atoms with Crippen molar-refractivity contribution < 1.29 is 4.42 Å². The molecule has 3 aromatic heterocycles. The predicted molar refractivity (Wildman–Crippen MR) is 254 cm³/mol. The van der Waals surface area contributed by atoms with Crippen LogP contribution in [0, 0.1) is 0 Å². The lowest BCUT2D eigenvalue weighted by molar-refractivity contribution is 0.669. The number of anilines is 2. The zero-order valence-electron chi connectivity index (χ0n) is 32.9. The van der Waals surface area contributed by atoms with Crippen LogP contribution in [-0.4, -0.2) is 21.0 Å². The summed E-state index contributed by atoms with van der Waals surface area (Å²) < 4.78 is 9.44. The molecule has 288 valence electrons. The van der Waals surface area contributed by atoms with Crippen LogP contribution in [0.15, 0.2) is 205 Å².